The van der Waals surface area contributed by atoms with Crippen molar-refractivity contribution >= 4 is 21.5 Å². The van der Waals surface area contributed by atoms with E-state index < -0.39 is 15.8 Å². The number of nitrogens with zero attached hydrogens (tertiary/aromatic N) is 1. The van der Waals surface area contributed by atoms with Gasteiger partial charge in [-0.05, 0) is 44.0 Å². The molecule has 2 unspecified atom stereocenters. The minimum Gasteiger partial charge on any atom is -0.481 e. The van der Waals surface area contributed by atoms with Crippen LogP contribution in [0.25, 0.3) is 0 Å². The molecule has 0 saturated carbocycles. The van der Waals surface area contributed by atoms with Gasteiger partial charge in [0.2, 0.25) is 0 Å². The molecule has 1 heterocycles. The number of carboxylic acids is 1. The molecular formula is C15H21NO4S. The summed E-state index contributed by atoms with van der Waals surface area (Å²) in [6.45, 7) is 4.31. The van der Waals surface area contributed by atoms with Crippen LogP contribution in [-0.2, 0) is 14.6 Å². The van der Waals surface area contributed by atoms with Crippen molar-refractivity contribution in [2.24, 2.45) is 5.92 Å². The fourth-order valence-corrected chi connectivity index (χ4v) is 3.68. The Labute approximate surface area is 125 Å². The van der Waals surface area contributed by atoms with Crippen LogP contribution in [0.15, 0.2) is 29.2 Å². The van der Waals surface area contributed by atoms with Crippen LogP contribution in [0, 0.1) is 5.92 Å². The fraction of sp³-hybridized carbons (Fsp3) is 0.533. The highest BCUT2D eigenvalue weighted by molar-refractivity contribution is 7.91. The Morgan fingerprint density at radius 1 is 1.33 bits per heavy atom. The van der Waals surface area contributed by atoms with E-state index in [0.717, 1.165) is 5.69 Å². The third-order valence-electron chi connectivity index (χ3n) is 4.13. The summed E-state index contributed by atoms with van der Waals surface area (Å²) < 4.78 is 23.6. The molecule has 0 radical (unpaired) electrons. The van der Waals surface area contributed by atoms with Crippen molar-refractivity contribution in [3.63, 3.8) is 0 Å². The molecule has 1 N–H and O–H groups in total. The zero-order valence-electron chi connectivity index (χ0n) is 12.3. The van der Waals surface area contributed by atoms with Crippen molar-refractivity contribution in [2.45, 2.75) is 37.6 Å². The van der Waals surface area contributed by atoms with E-state index in [2.05, 4.69) is 4.90 Å². The molecule has 2 rings (SSSR count). The number of aliphatic carboxylic acids is 1. The predicted molar refractivity (Wildman–Crippen MR) is 81.3 cm³/mol. The van der Waals surface area contributed by atoms with Gasteiger partial charge in [-0.3, -0.25) is 4.79 Å². The highest BCUT2D eigenvalue weighted by Crippen LogP contribution is 2.29. The van der Waals surface area contributed by atoms with Crippen molar-refractivity contribution in [1.29, 1.82) is 0 Å². The van der Waals surface area contributed by atoms with E-state index in [9.17, 15) is 13.2 Å². The minimum absolute atomic E-state index is 0.0900. The zero-order chi connectivity index (χ0) is 15.6. The van der Waals surface area contributed by atoms with Crippen LogP contribution in [-0.4, -0.2) is 37.8 Å². The van der Waals surface area contributed by atoms with Crippen LogP contribution in [0.2, 0.25) is 0 Å². The average molecular weight is 311 g/mol. The lowest BCUT2D eigenvalue weighted by molar-refractivity contribution is -0.142. The summed E-state index contributed by atoms with van der Waals surface area (Å²) in [5.74, 6) is -0.922. The molecule has 1 aromatic carbocycles. The van der Waals surface area contributed by atoms with E-state index in [1.54, 1.807) is 31.2 Å². The second-order valence-electron chi connectivity index (χ2n) is 5.50. The number of hydrogen-bond acceptors (Lipinski definition) is 4. The molecule has 2 atom stereocenters. The molecule has 0 aliphatic carbocycles. The maximum atomic E-state index is 11.8. The highest BCUT2D eigenvalue weighted by Gasteiger charge is 2.29. The Balaban J connectivity index is 2.15. The van der Waals surface area contributed by atoms with Crippen LogP contribution in [0.1, 0.15) is 26.7 Å². The molecule has 0 amide bonds. The molecule has 1 aromatic rings. The highest BCUT2D eigenvalue weighted by atomic mass is 32.2. The van der Waals surface area contributed by atoms with Gasteiger partial charge < -0.3 is 10.0 Å². The van der Waals surface area contributed by atoms with Gasteiger partial charge in [0, 0.05) is 18.3 Å². The number of rotatable bonds is 4. The maximum absolute atomic E-state index is 11.8. The molecule has 0 spiro atoms. The summed E-state index contributed by atoms with van der Waals surface area (Å²) in [6, 6.07) is 7.00. The largest absolute Gasteiger partial charge is 0.481 e. The lowest BCUT2D eigenvalue weighted by atomic mass is 9.91. The van der Waals surface area contributed by atoms with Gasteiger partial charge in [0.05, 0.1) is 16.6 Å². The van der Waals surface area contributed by atoms with Crippen molar-refractivity contribution in [1.82, 2.24) is 0 Å². The predicted octanol–water partition coefficient (Wildman–Crippen LogP) is 2.17. The number of piperidine rings is 1. The average Bonchev–Trinajstić information content (AvgIpc) is 2.47. The fourth-order valence-electron chi connectivity index (χ4n) is 2.79. The van der Waals surface area contributed by atoms with E-state index in [1.807, 2.05) is 6.92 Å². The second kappa shape index (κ2) is 6.05. The molecule has 0 bridgehead atoms. The van der Waals surface area contributed by atoms with Crippen LogP contribution in [0.4, 0.5) is 5.69 Å². The standard InChI is InChI=1S/C15H21NO4S/c1-3-21(19,20)14-6-4-13(5-7-14)16-9-8-12(15(17)18)10-11(16)2/h4-7,11-12H,3,8-10H2,1-2H3,(H,17,18). The first kappa shape index (κ1) is 15.8. The monoisotopic (exact) mass is 311 g/mol. The quantitative estimate of drug-likeness (QED) is 0.922. The number of sulfone groups is 1. The first-order valence-electron chi connectivity index (χ1n) is 7.17. The third-order valence-corrected chi connectivity index (χ3v) is 5.88. The van der Waals surface area contributed by atoms with Gasteiger partial charge >= 0.3 is 5.97 Å². The van der Waals surface area contributed by atoms with E-state index in [4.69, 9.17) is 5.11 Å². The SMILES string of the molecule is CCS(=O)(=O)c1ccc(N2CCC(C(=O)O)CC2C)cc1. The Bertz CT molecular complexity index is 609. The van der Waals surface area contributed by atoms with E-state index in [-0.39, 0.29) is 17.7 Å². The number of anilines is 1. The van der Waals surface area contributed by atoms with Gasteiger partial charge in [0.25, 0.3) is 0 Å². The molecule has 5 nitrogen and oxygen atoms in total. The summed E-state index contributed by atoms with van der Waals surface area (Å²) in [7, 11) is -3.18. The molecule has 1 saturated heterocycles. The first-order chi connectivity index (χ1) is 9.85. The second-order valence-corrected chi connectivity index (χ2v) is 7.78. The van der Waals surface area contributed by atoms with Crippen molar-refractivity contribution in [2.75, 3.05) is 17.2 Å². The van der Waals surface area contributed by atoms with Gasteiger partial charge in [-0.15, -0.1) is 0 Å². The molecule has 116 valence electrons. The van der Waals surface area contributed by atoms with Crippen LogP contribution < -0.4 is 4.90 Å². The van der Waals surface area contributed by atoms with Crippen molar-refractivity contribution in [3.05, 3.63) is 24.3 Å². The van der Waals surface area contributed by atoms with Crippen molar-refractivity contribution < 1.29 is 18.3 Å². The van der Waals surface area contributed by atoms with Crippen molar-refractivity contribution in [3.8, 4) is 0 Å². The third kappa shape index (κ3) is 3.37. The topological polar surface area (TPSA) is 74.7 Å². The Kier molecular flexibility index (Phi) is 4.56. The molecular weight excluding hydrogens is 290 g/mol. The van der Waals surface area contributed by atoms with E-state index in [1.165, 1.54) is 0 Å². The Hall–Kier alpha value is -1.56. The molecule has 0 aromatic heterocycles. The van der Waals surface area contributed by atoms with Gasteiger partial charge in [-0.2, -0.15) is 0 Å². The van der Waals surface area contributed by atoms with Crippen LogP contribution in [0.5, 0.6) is 0 Å². The van der Waals surface area contributed by atoms with Gasteiger partial charge in [-0.1, -0.05) is 6.92 Å². The Morgan fingerprint density at radius 2 is 1.95 bits per heavy atom. The maximum Gasteiger partial charge on any atom is 0.306 e. The molecule has 1 fully saturated rings. The minimum atomic E-state index is -3.18. The van der Waals surface area contributed by atoms with E-state index in [0.29, 0.717) is 24.3 Å². The smallest absolute Gasteiger partial charge is 0.306 e. The number of hydrogen-bond donors (Lipinski definition) is 1. The van der Waals surface area contributed by atoms with Gasteiger partial charge in [0.1, 0.15) is 0 Å². The molecule has 1 aliphatic rings. The zero-order valence-corrected chi connectivity index (χ0v) is 13.1. The molecule has 1 aliphatic heterocycles. The normalized spacial score (nSPS) is 23.0. The summed E-state index contributed by atoms with van der Waals surface area (Å²) >= 11 is 0. The number of benzene rings is 1. The summed E-state index contributed by atoms with van der Waals surface area (Å²) in [6.07, 6.45) is 1.24. The molecule has 6 heteroatoms. The van der Waals surface area contributed by atoms with E-state index >= 15 is 0 Å². The van der Waals surface area contributed by atoms with Crippen LogP contribution >= 0.6 is 0 Å². The lowest BCUT2D eigenvalue weighted by Gasteiger charge is -2.38. The summed E-state index contributed by atoms with van der Waals surface area (Å²) in [5, 5.41) is 9.08. The van der Waals surface area contributed by atoms with Crippen LogP contribution in [0.3, 0.4) is 0 Å². The Morgan fingerprint density at radius 3 is 2.43 bits per heavy atom. The number of carboxylic acid groups (broad SMARTS) is 1. The summed E-state index contributed by atoms with van der Waals surface area (Å²) in [5.41, 5.74) is 0.946. The lowest BCUT2D eigenvalue weighted by Crippen LogP contribution is -2.42. The van der Waals surface area contributed by atoms with Gasteiger partial charge in [0.15, 0.2) is 9.84 Å². The summed E-state index contributed by atoms with van der Waals surface area (Å²) in [4.78, 5) is 13.5. The van der Waals surface area contributed by atoms with Gasteiger partial charge in [-0.25, -0.2) is 8.42 Å². The first-order valence-corrected chi connectivity index (χ1v) is 8.82. The molecule has 21 heavy (non-hydrogen) atoms. The number of carbonyl (C=O) groups is 1.